The Morgan fingerprint density at radius 2 is 2.19 bits per heavy atom. The molecule has 0 bridgehead atoms. The smallest absolute Gasteiger partial charge is 0.292 e. The van der Waals surface area contributed by atoms with Crippen LogP contribution in [0.1, 0.15) is 13.8 Å². The quantitative estimate of drug-likeness (QED) is 0.682. The number of rotatable bonds is 4. The SMILES string of the molecule is CC1SCCN(CC(=O)Nc2ccccc2[N+](=O)[O-])C1C. The first-order valence-electron chi connectivity index (χ1n) is 6.88. The van der Waals surface area contributed by atoms with Crippen molar-refractivity contribution < 1.29 is 9.72 Å². The van der Waals surface area contributed by atoms with Crippen LogP contribution in [0.15, 0.2) is 24.3 Å². The summed E-state index contributed by atoms with van der Waals surface area (Å²) in [6.07, 6.45) is 0. The first-order chi connectivity index (χ1) is 9.99. The number of benzene rings is 1. The molecule has 0 aliphatic carbocycles. The van der Waals surface area contributed by atoms with Crippen LogP contribution in [0.5, 0.6) is 0 Å². The third kappa shape index (κ3) is 3.95. The second-order valence-electron chi connectivity index (χ2n) is 5.11. The van der Waals surface area contributed by atoms with E-state index in [1.54, 1.807) is 18.2 Å². The van der Waals surface area contributed by atoms with Gasteiger partial charge in [0.25, 0.3) is 5.69 Å². The van der Waals surface area contributed by atoms with Gasteiger partial charge in [-0.25, -0.2) is 0 Å². The van der Waals surface area contributed by atoms with Crippen LogP contribution in [0, 0.1) is 10.1 Å². The largest absolute Gasteiger partial charge is 0.319 e. The lowest BCUT2D eigenvalue weighted by Gasteiger charge is -2.36. The number of carbonyl (C=O) groups is 1. The van der Waals surface area contributed by atoms with Crippen molar-refractivity contribution in [3.8, 4) is 0 Å². The summed E-state index contributed by atoms with van der Waals surface area (Å²) in [4.78, 5) is 24.7. The second kappa shape index (κ2) is 6.91. The molecule has 114 valence electrons. The molecule has 1 aliphatic rings. The third-order valence-corrected chi connectivity index (χ3v) is 5.07. The molecule has 6 nitrogen and oxygen atoms in total. The summed E-state index contributed by atoms with van der Waals surface area (Å²) in [7, 11) is 0. The number of nitrogens with one attached hydrogen (secondary N) is 1. The fourth-order valence-electron chi connectivity index (χ4n) is 2.33. The van der Waals surface area contributed by atoms with E-state index < -0.39 is 4.92 Å². The predicted octanol–water partition coefficient (Wildman–Crippen LogP) is 2.36. The number of thioether (sulfide) groups is 1. The monoisotopic (exact) mass is 309 g/mol. The number of carbonyl (C=O) groups excluding carboxylic acids is 1. The summed E-state index contributed by atoms with van der Waals surface area (Å²) in [5, 5.41) is 14.1. The van der Waals surface area contributed by atoms with Gasteiger partial charge in [-0.3, -0.25) is 19.8 Å². The molecular weight excluding hydrogens is 290 g/mol. The summed E-state index contributed by atoms with van der Waals surface area (Å²) in [6, 6.07) is 6.51. The molecule has 1 heterocycles. The van der Waals surface area contributed by atoms with Gasteiger partial charge in [0, 0.05) is 29.7 Å². The van der Waals surface area contributed by atoms with E-state index in [9.17, 15) is 14.9 Å². The summed E-state index contributed by atoms with van der Waals surface area (Å²) in [5.74, 6) is 0.792. The number of amides is 1. The molecule has 0 aromatic heterocycles. The van der Waals surface area contributed by atoms with Gasteiger partial charge >= 0.3 is 0 Å². The lowest BCUT2D eigenvalue weighted by molar-refractivity contribution is -0.383. The number of hydrogen-bond donors (Lipinski definition) is 1. The van der Waals surface area contributed by atoms with Crippen LogP contribution < -0.4 is 5.32 Å². The predicted molar refractivity (Wildman–Crippen MR) is 84.7 cm³/mol. The van der Waals surface area contributed by atoms with Crippen LogP contribution in [0.3, 0.4) is 0 Å². The zero-order chi connectivity index (χ0) is 15.4. The molecule has 1 aromatic carbocycles. The molecule has 1 fully saturated rings. The molecule has 2 atom stereocenters. The second-order valence-corrected chi connectivity index (χ2v) is 6.59. The molecule has 0 saturated carbocycles. The minimum absolute atomic E-state index is 0.0820. The number of para-hydroxylation sites is 2. The number of nitrogens with zero attached hydrogens (tertiary/aromatic N) is 2. The van der Waals surface area contributed by atoms with Gasteiger partial charge in [-0.05, 0) is 13.0 Å². The minimum Gasteiger partial charge on any atom is -0.319 e. The standard InChI is InChI=1S/C14H19N3O3S/c1-10-11(2)21-8-7-16(10)9-14(18)15-12-5-3-4-6-13(12)17(19)20/h3-6,10-11H,7-9H2,1-2H3,(H,15,18). The molecule has 1 saturated heterocycles. The highest BCUT2D eigenvalue weighted by Crippen LogP contribution is 2.25. The maximum Gasteiger partial charge on any atom is 0.292 e. The number of nitro benzene ring substituents is 1. The Morgan fingerprint density at radius 1 is 1.48 bits per heavy atom. The Morgan fingerprint density at radius 3 is 2.90 bits per heavy atom. The molecule has 7 heteroatoms. The van der Waals surface area contributed by atoms with Crippen LogP contribution >= 0.6 is 11.8 Å². The van der Waals surface area contributed by atoms with Gasteiger partial charge in [0.15, 0.2) is 0 Å². The summed E-state index contributed by atoms with van der Waals surface area (Å²) < 4.78 is 0. The molecule has 1 amide bonds. The molecule has 1 N–H and O–H groups in total. The third-order valence-electron chi connectivity index (χ3n) is 3.74. The van der Waals surface area contributed by atoms with Crippen molar-refractivity contribution in [2.75, 3.05) is 24.2 Å². The van der Waals surface area contributed by atoms with Crippen molar-refractivity contribution >= 4 is 29.0 Å². The molecule has 2 rings (SSSR count). The van der Waals surface area contributed by atoms with E-state index in [0.29, 0.717) is 11.3 Å². The Hall–Kier alpha value is -1.60. The van der Waals surface area contributed by atoms with E-state index in [-0.39, 0.29) is 23.8 Å². The van der Waals surface area contributed by atoms with E-state index >= 15 is 0 Å². The van der Waals surface area contributed by atoms with Gasteiger partial charge in [0.05, 0.1) is 11.5 Å². The summed E-state index contributed by atoms with van der Waals surface area (Å²) in [5.41, 5.74) is 0.168. The van der Waals surface area contributed by atoms with Crippen LogP contribution in [-0.4, -0.2) is 45.9 Å². The van der Waals surface area contributed by atoms with Gasteiger partial charge in [-0.1, -0.05) is 19.1 Å². The average molecular weight is 309 g/mol. The Balaban J connectivity index is 2.00. The maximum absolute atomic E-state index is 12.1. The highest BCUT2D eigenvalue weighted by molar-refractivity contribution is 8.00. The van der Waals surface area contributed by atoms with Gasteiger partial charge in [0.1, 0.15) is 5.69 Å². The normalized spacial score (nSPS) is 22.8. The molecule has 21 heavy (non-hydrogen) atoms. The highest BCUT2D eigenvalue weighted by Gasteiger charge is 2.27. The fraction of sp³-hybridized carbons (Fsp3) is 0.500. The van der Waals surface area contributed by atoms with Gasteiger partial charge in [0.2, 0.25) is 5.91 Å². The van der Waals surface area contributed by atoms with E-state index in [4.69, 9.17) is 0 Å². The zero-order valence-electron chi connectivity index (χ0n) is 12.1. The van der Waals surface area contributed by atoms with Gasteiger partial charge < -0.3 is 5.32 Å². The molecule has 1 aromatic rings. The highest BCUT2D eigenvalue weighted by atomic mass is 32.2. The topological polar surface area (TPSA) is 75.5 Å². The van der Waals surface area contributed by atoms with Crippen molar-refractivity contribution in [2.45, 2.75) is 25.1 Å². The van der Waals surface area contributed by atoms with E-state index in [0.717, 1.165) is 12.3 Å². The molecule has 2 unspecified atom stereocenters. The number of hydrogen-bond acceptors (Lipinski definition) is 5. The van der Waals surface area contributed by atoms with Gasteiger partial charge in [-0.2, -0.15) is 11.8 Å². The lowest BCUT2D eigenvalue weighted by Crippen LogP contribution is -2.47. The summed E-state index contributed by atoms with van der Waals surface area (Å²) >= 11 is 1.90. The Labute approximate surface area is 128 Å². The average Bonchev–Trinajstić information content (AvgIpc) is 2.44. The molecule has 0 radical (unpaired) electrons. The molecule has 0 spiro atoms. The van der Waals surface area contributed by atoms with Crippen molar-refractivity contribution in [2.24, 2.45) is 0 Å². The van der Waals surface area contributed by atoms with Crippen LogP contribution in [0.4, 0.5) is 11.4 Å². The minimum atomic E-state index is -0.488. The van der Waals surface area contributed by atoms with Crippen LogP contribution in [-0.2, 0) is 4.79 Å². The van der Waals surface area contributed by atoms with Gasteiger partial charge in [-0.15, -0.1) is 0 Å². The summed E-state index contributed by atoms with van der Waals surface area (Å²) in [6.45, 7) is 5.38. The molecular formula is C14H19N3O3S. The van der Waals surface area contributed by atoms with Crippen molar-refractivity contribution in [3.05, 3.63) is 34.4 Å². The fourth-order valence-corrected chi connectivity index (χ4v) is 3.49. The van der Waals surface area contributed by atoms with Crippen LogP contribution in [0.25, 0.3) is 0 Å². The first kappa shape index (κ1) is 15.8. The maximum atomic E-state index is 12.1. The van der Waals surface area contributed by atoms with Crippen molar-refractivity contribution in [1.82, 2.24) is 4.90 Å². The number of nitro groups is 1. The Kier molecular flexibility index (Phi) is 5.19. The zero-order valence-corrected chi connectivity index (χ0v) is 12.9. The number of anilines is 1. The Bertz CT molecular complexity index is 538. The van der Waals surface area contributed by atoms with Crippen molar-refractivity contribution in [3.63, 3.8) is 0 Å². The first-order valence-corrected chi connectivity index (χ1v) is 7.93. The van der Waals surface area contributed by atoms with E-state index in [2.05, 4.69) is 24.1 Å². The van der Waals surface area contributed by atoms with Crippen molar-refractivity contribution in [1.29, 1.82) is 0 Å². The van der Waals surface area contributed by atoms with E-state index in [1.165, 1.54) is 6.07 Å². The van der Waals surface area contributed by atoms with E-state index in [1.807, 2.05) is 11.8 Å². The van der Waals surface area contributed by atoms with Crippen LogP contribution in [0.2, 0.25) is 0 Å². The lowest BCUT2D eigenvalue weighted by atomic mass is 10.2. The molecule has 1 aliphatic heterocycles.